The highest BCUT2D eigenvalue weighted by molar-refractivity contribution is 5.06. The standard InChI is InChI=1S/C13H18N4/c1-11(2)15-7-13-9-17(10-16-13)8-12-5-3-4-6-14-12/h3-6,9-11,15H,7-8H2,1-2H3. The van der Waals surface area contributed by atoms with E-state index in [1.54, 1.807) is 0 Å². The molecule has 4 nitrogen and oxygen atoms in total. The molecule has 2 aromatic heterocycles. The molecule has 17 heavy (non-hydrogen) atoms. The molecule has 0 bridgehead atoms. The fourth-order valence-electron chi connectivity index (χ4n) is 1.57. The average molecular weight is 230 g/mol. The number of pyridine rings is 1. The number of nitrogens with one attached hydrogen (secondary N) is 1. The summed E-state index contributed by atoms with van der Waals surface area (Å²) in [4.78, 5) is 8.65. The highest BCUT2D eigenvalue weighted by Gasteiger charge is 2.01. The van der Waals surface area contributed by atoms with Crippen molar-refractivity contribution in [2.24, 2.45) is 0 Å². The van der Waals surface area contributed by atoms with Crippen molar-refractivity contribution >= 4 is 0 Å². The fourth-order valence-corrected chi connectivity index (χ4v) is 1.57. The van der Waals surface area contributed by atoms with Crippen molar-refractivity contribution in [1.29, 1.82) is 0 Å². The minimum atomic E-state index is 0.482. The summed E-state index contributed by atoms with van der Waals surface area (Å²) in [7, 11) is 0. The molecule has 0 radical (unpaired) electrons. The Labute approximate surface area is 102 Å². The van der Waals surface area contributed by atoms with E-state index in [9.17, 15) is 0 Å². The molecule has 2 rings (SSSR count). The number of imidazole rings is 1. The Bertz CT molecular complexity index is 447. The molecule has 2 heterocycles. The second kappa shape index (κ2) is 5.59. The first-order valence-electron chi connectivity index (χ1n) is 5.88. The molecule has 4 heteroatoms. The number of nitrogens with zero attached hydrogens (tertiary/aromatic N) is 3. The predicted octanol–water partition coefficient (Wildman–Crippen LogP) is 1.82. The molecule has 0 fully saturated rings. The van der Waals surface area contributed by atoms with Crippen LogP contribution in [0.1, 0.15) is 25.2 Å². The largest absolute Gasteiger partial charge is 0.331 e. The van der Waals surface area contributed by atoms with Gasteiger partial charge in [-0.05, 0) is 12.1 Å². The van der Waals surface area contributed by atoms with Gasteiger partial charge in [0.05, 0.1) is 24.3 Å². The maximum absolute atomic E-state index is 4.36. The zero-order chi connectivity index (χ0) is 12.1. The third kappa shape index (κ3) is 3.67. The molecule has 0 aromatic carbocycles. The number of aromatic nitrogens is 3. The molecule has 90 valence electrons. The van der Waals surface area contributed by atoms with Crippen LogP contribution in [-0.4, -0.2) is 20.6 Å². The van der Waals surface area contributed by atoms with Crippen molar-refractivity contribution in [2.45, 2.75) is 33.0 Å². The van der Waals surface area contributed by atoms with Crippen LogP contribution in [0.15, 0.2) is 36.9 Å². The van der Waals surface area contributed by atoms with E-state index < -0.39 is 0 Å². The minimum Gasteiger partial charge on any atom is -0.331 e. The van der Waals surface area contributed by atoms with Crippen LogP contribution in [0.5, 0.6) is 0 Å². The van der Waals surface area contributed by atoms with Crippen molar-refractivity contribution in [2.75, 3.05) is 0 Å². The highest BCUT2D eigenvalue weighted by atomic mass is 15.1. The number of hydrogen-bond acceptors (Lipinski definition) is 3. The van der Waals surface area contributed by atoms with Crippen molar-refractivity contribution in [3.05, 3.63) is 48.3 Å². The summed E-state index contributed by atoms with van der Waals surface area (Å²) in [5.74, 6) is 0. The molecule has 1 N–H and O–H groups in total. The van der Waals surface area contributed by atoms with E-state index >= 15 is 0 Å². The van der Waals surface area contributed by atoms with Crippen molar-refractivity contribution in [1.82, 2.24) is 19.9 Å². The fraction of sp³-hybridized carbons (Fsp3) is 0.385. The summed E-state index contributed by atoms with van der Waals surface area (Å²) >= 11 is 0. The van der Waals surface area contributed by atoms with Crippen LogP contribution in [0, 0.1) is 0 Å². The lowest BCUT2D eigenvalue weighted by atomic mass is 10.3. The molecule has 0 saturated carbocycles. The van der Waals surface area contributed by atoms with Crippen LogP contribution in [0.2, 0.25) is 0 Å². The Kier molecular flexibility index (Phi) is 3.88. The molecular formula is C13H18N4. The smallest absolute Gasteiger partial charge is 0.0953 e. The summed E-state index contributed by atoms with van der Waals surface area (Å²) in [5, 5.41) is 3.35. The van der Waals surface area contributed by atoms with Crippen LogP contribution < -0.4 is 5.32 Å². The van der Waals surface area contributed by atoms with Crippen molar-refractivity contribution in [3.63, 3.8) is 0 Å². The van der Waals surface area contributed by atoms with Gasteiger partial charge in [0, 0.05) is 25.0 Å². The monoisotopic (exact) mass is 230 g/mol. The molecular weight excluding hydrogens is 212 g/mol. The summed E-state index contributed by atoms with van der Waals surface area (Å²) in [6.45, 7) is 5.85. The lowest BCUT2D eigenvalue weighted by molar-refractivity contribution is 0.582. The zero-order valence-electron chi connectivity index (χ0n) is 10.3. The first kappa shape index (κ1) is 11.8. The van der Waals surface area contributed by atoms with Crippen LogP contribution >= 0.6 is 0 Å². The maximum Gasteiger partial charge on any atom is 0.0953 e. The quantitative estimate of drug-likeness (QED) is 0.852. The van der Waals surface area contributed by atoms with E-state index in [4.69, 9.17) is 0 Å². The van der Waals surface area contributed by atoms with Crippen molar-refractivity contribution in [3.8, 4) is 0 Å². The summed E-state index contributed by atoms with van der Waals surface area (Å²) < 4.78 is 2.06. The topological polar surface area (TPSA) is 42.7 Å². The first-order chi connectivity index (χ1) is 8.24. The van der Waals surface area contributed by atoms with Crippen molar-refractivity contribution < 1.29 is 0 Å². The maximum atomic E-state index is 4.36. The van der Waals surface area contributed by atoms with Gasteiger partial charge in [-0.1, -0.05) is 19.9 Å². The van der Waals surface area contributed by atoms with E-state index in [2.05, 4.69) is 39.9 Å². The summed E-state index contributed by atoms with van der Waals surface area (Å²) in [6, 6.07) is 6.43. The van der Waals surface area contributed by atoms with E-state index in [0.29, 0.717) is 6.04 Å². The van der Waals surface area contributed by atoms with Gasteiger partial charge < -0.3 is 9.88 Å². The highest BCUT2D eigenvalue weighted by Crippen LogP contribution is 2.01. The Morgan fingerprint density at radius 1 is 1.24 bits per heavy atom. The molecule has 0 saturated heterocycles. The summed E-state index contributed by atoms with van der Waals surface area (Å²) in [5.41, 5.74) is 2.11. The number of hydrogen-bond donors (Lipinski definition) is 1. The molecule has 0 spiro atoms. The number of rotatable bonds is 5. The molecule has 0 amide bonds. The lowest BCUT2D eigenvalue weighted by Gasteiger charge is -2.04. The van der Waals surface area contributed by atoms with E-state index in [0.717, 1.165) is 24.5 Å². The second-order valence-electron chi connectivity index (χ2n) is 4.39. The SMILES string of the molecule is CC(C)NCc1cn(Cc2ccccn2)cn1. The Morgan fingerprint density at radius 3 is 2.82 bits per heavy atom. The van der Waals surface area contributed by atoms with Crippen LogP contribution in [0.3, 0.4) is 0 Å². The average Bonchev–Trinajstić information content (AvgIpc) is 2.75. The van der Waals surface area contributed by atoms with Gasteiger partial charge in [-0.3, -0.25) is 4.98 Å². The molecule has 0 aliphatic carbocycles. The zero-order valence-corrected chi connectivity index (χ0v) is 10.3. The van der Waals surface area contributed by atoms with E-state index in [1.807, 2.05) is 30.7 Å². The predicted molar refractivity (Wildman–Crippen MR) is 67.5 cm³/mol. The summed E-state index contributed by atoms with van der Waals surface area (Å²) in [6.07, 6.45) is 5.73. The molecule has 0 unspecified atom stereocenters. The third-order valence-corrected chi connectivity index (χ3v) is 2.45. The van der Waals surface area contributed by atoms with Gasteiger partial charge in [0.2, 0.25) is 0 Å². The molecule has 0 aliphatic heterocycles. The Hall–Kier alpha value is -1.68. The van der Waals surface area contributed by atoms with Crippen LogP contribution in [0.25, 0.3) is 0 Å². The van der Waals surface area contributed by atoms with Gasteiger partial charge in [-0.15, -0.1) is 0 Å². The second-order valence-corrected chi connectivity index (χ2v) is 4.39. The molecule has 0 aliphatic rings. The van der Waals surface area contributed by atoms with E-state index in [-0.39, 0.29) is 0 Å². The Morgan fingerprint density at radius 2 is 2.12 bits per heavy atom. The molecule has 0 atom stereocenters. The van der Waals surface area contributed by atoms with Gasteiger partial charge in [-0.25, -0.2) is 4.98 Å². The van der Waals surface area contributed by atoms with Crippen LogP contribution in [-0.2, 0) is 13.1 Å². The molecule has 2 aromatic rings. The normalized spacial score (nSPS) is 11.0. The van der Waals surface area contributed by atoms with Gasteiger partial charge >= 0.3 is 0 Å². The third-order valence-electron chi connectivity index (χ3n) is 2.45. The van der Waals surface area contributed by atoms with Gasteiger partial charge in [0.25, 0.3) is 0 Å². The Balaban J connectivity index is 1.94. The van der Waals surface area contributed by atoms with Gasteiger partial charge in [0.1, 0.15) is 0 Å². The minimum absolute atomic E-state index is 0.482. The lowest BCUT2D eigenvalue weighted by Crippen LogP contribution is -2.21. The first-order valence-corrected chi connectivity index (χ1v) is 5.88. The van der Waals surface area contributed by atoms with Crippen LogP contribution in [0.4, 0.5) is 0 Å². The van der Waals surface area contributed by atoms with E-state index in [1.165, 1.54) is 0 Å². The van der Waals surface area contributed by atoms with Gasteiger partial charge in [-0.2, -0.15) is 0 Å². The van der Waals surface area contributed by atoms with Gasteiger partial charge in [0.15, 0.2) is 0 Å².